The fraction of sp³-hybridized carbons (Fsp3) is 0.238. The molecule has 1 N–H and O–H groups in total. The number of piperazine rings is 1. The second-order valence-electron chi connectivity index (χ2n) is 6.74. The number of hydrogen-bond donors (Lipinski definition) is 1. The van der Waals surface area contributed by atoms with Crippen molar-refractivity contribution >= 4 is 39.7 Å². The van der Waals surface area contributed by atoms with E-state index in [9.17, 15) is 9.18 Å². The van der Waals surface area contributed by atoms with Crippen LogP contribution in [0, 0.1) is 5.82 Å². The van der Waals surface area contributed by atoms with Crippen LogP contribution in [0.3, 0.4) is 0 Å². The van der Waals surface area contributed by atoms with E-state index in [1.165, 1.54) is 23.5 Å². The van der Waals surface area contributed by atoms with Gasteiger partial charge in [-0.25, -0.2) is 9.37 Å². The summed E-state index contributed by atoms with van der Waals surface area (Å²) in [6, 6.07) is 14.0. The van der Waals surface area contributed by atoms with Gasteiger partial charge in [0.2, 0.25) is 0 Å². The molecule has 0 bridgehead atoms. The monoisotopic (exact) mass is 430 g/mol. The van der Waals surface area contributed by atoms with Gasteiger partial charge in [-0.15, -0.1) is 11.3 Å². The molecule has 4 rings (SSSR count). The van der Waals surface area contributed by atoms with Crippen LogP contribution in [-0.4, -0.2) is 37.1 Å². The van der Waals surface area contributed by atoms with Crippen LogP contribution in [0.1, 0.15) is 16.1 Å². The van der Waals surface area contributed by atoms with Crippen LogP contribution in [0.2, 0.25) is 5.02 Å². The van der Waals surface area contributed by atoms with Gasteiger partial charge >= 0.3 is 0 Å². The highest BCUT2D eigenvalue weighted by Crippen LogP contribution is 2.24. The first-order valence-electron chi connectivity index (χ1n) is 9.33. The zero-order valence-electron chi connectivity index (χ0n) is 15.6. The summed E-state index contributed by atoms with van der Waals surface area (Å²) in [7, 11) is 0. The highest BCUT2D eigenvalue weighted by molar-refractivity contribution is 7.13. The zero-order chi connectivity index (χ0) is 20.2. The van der Waals surface area contributed by atoms with Gasteiger partial charge in [0.25, 0.3) is 5.91 Å². The van der Waals surface area contributed by atoms with E-state index in [2.05, 4.69) is 20.1 Å². The van der Waals surface area contributed by atoms with Crippen molar-refractivity contribution in [1.82, 2.24) is 10.3 Å². The Bertz CT molecular complexity index is 986. The molecule has 0 aliphatic carbocycles. The SMILES string of the molecule is O=C(NCc1ccccc1Cl)c1csc(N2CCN(c3ccc(F)cc3)CC2)n1. The molecule has 1 amide bonds. The van der Waals surface area contributed by atoms with Crippen molar-refractivity contribution in [3.8, 4) is 0 Å². The highest BCUT2D eigenvalue weighted by atomic mass is 35.5. The largest absolute Gasteiger partial charge is 0.368 e. The quantitative estimate of drug-likeness (QED) is 0.659. The molecule has 5 nitrogen and oxygen atoms in total. The van der Waals surface area contributed by atoms with Crippen LogP contribution < -0.4 is 15.1 Å². The molecule has 29 heavy (non-hydrogen) atoms. The lowest BCUT2D eigenvalue weighted by Crippen LogP contribution is -2.46. The van der Waals surface area contributed by atoms with E-state index in [4.69, 9.17) is 11.6 Å². The molecule has 0 radical (unpaired) electrons. The highest BCUT2D eigenvalue weighted by Gasteiger charge is 2.21. The number of amides is 1. The summed E-state index contributed by atoms with van der Waals surface area (Å²) in [6.45, 7) is 3.59. The second kappa shape index (κ2) is 8.80. The third-order valence-corrected chi connectivity index (χ3v) is 6.13. The van der Waals surface area contributed by atoms with Crippen LogP contribution in [0.5, 0.6) is 0 Å². The Morgan fingerprint density at radius 1 is 1.07 bits per heavy atom. The summed E-state index contributed by atoms with van der Waals surface area (Å²) in [4.78, 5) is 21.3. The average molecular weight is 431 g/mol. The molecule has 1 aliphatic rings. The molecule has 1 fully saturated rings. The van der Waals surface area contributed by atoms with Gasteiger partial charge < -0.3 is 15.1 Å². The minimum Gasteiger partial charge on any atom is -0.368 e. The number of anilines is 2. The molecule has 1 aromatic heterocycles. The van der Waals surface area contributed by atoms with Crippen LogP contribution in [0.4, 0.5) is 15.2 Å². The van der Waals surface area contributed by atoms with Crippen LogP contribution in [-0.2, 0) is 6.54 Å². The maximum atomic E-state index is 13.1. The summed E-state index contributed by atoms with van der Waals surface area (Å²) >= 11 is 7.60. The van der Waals surface area contributed by atoms with Crippen LogP contribution in [0.25, 0.3) is 0 Å². The summed E-state index contributed by atoms with van der Waals surface area (Å²) in [5, 5.41) is 6.12. The van der Waals surface area contributed by atoms with Crippen LogP contribution in [0.15, 0.2) is 53.9 Å². The minimum absolute atomic E-state index is 0.211. The van der Waals surface area contributed by atoms with Gasteiger partial charge in [-0.1, -0.05) is 29.8 Å². The molecular formula is C21H20ClFN4OS. The van der Waals surface area contributed by atoms with Crippen molar-refractivity contribution in [2.75, 3.05) is 36.0 Å². The van der Waals surface area contributed by atoms with E-state index in [0.29, 0.717) is 17.3 Å². The van der Waals surface area contributed by atoms with Crippen molar-refractivity contribution in [2.24, 2.45) is 0 Å². The Labute approximate surface area is 177 Å². The van der Waals surface area contributed by atoms with E-state index < -0.39 is 0 Å². The van der Waals surface area contributed by atoms with E-state index >= 15 is 0 Å². The van der Waals surface area contributed by atoms with E-state index in [1.54, 1.807) is 23.6 Å². The van der Waals surface area contributed by atoms with Gasteiger partial charge in [-0.05, 0) is 35.9 Å². The number of halogens is 2. The molecular weight excluding hydrogens is 411 g/mol. The number of thiazole rings is 1. The number of nitrogens with zero attached hydrogens (tertiary/aromatic N) is 3. The predicted molar refractivity (Wildman–Crippen MR) is 116 cm³/mol. The Hall–Kier alpha value is -2.64. The molecule has 1 saturated heterocycles. The van der Waals surface area contributed by atoms with Gasteiger partial charge in [0.1, 0.15) is 11.5 Å². The number of rotatable bonds is 5. The number of hydrogen-bond acceptors (Lipinski definition) is 5. The molecule has 150 valence electrons. The molecule has 0 unspecified atom stereocenters. The first-order chi connectivity index (χ1) is 14.1. The number of carbonyl (C=O) groups excluding carboxylic acids is 1. The fourth-order valence-corrected chi connectivity index (χ4v) is 4.29. The number of benzene rings is 2. The normalized spacial score (nSPS) is 14.1. The van der Waals surface area contributed by atoms with Gasteiger partial charge in [0, 0.05) is 48.8 Å². The van der Waals surface area contributed by atoms with Crippen molar-refractivity contribution in [2.45, 2.75) is 6.54 Å². The zero-order valence-corrected chi connectivity index (χ0v) is 17.2. The van der Waals surface area contributed by atoms with Crippen molar-refractivity contribution < 1.29 is 9.18 Å². The van der Waals surface area contributed by atoms with Gasteiger partial charge in [-0.2, -0.15) is 0 Å². The Morgan fingerprint density at radius 2 is 1.76 bits per heavy atom. The maximum Gasteiger partial charge on any atom is 0.271 e. The minimum atomic E-state index is -0.226. The topological polar surface area (TPSA) is 48.5 Å². The first-order valence-corrected chi connectivity index (χ1v) is 10.6. The Balaban J connectivity index is 1.32. The summed E-state index contributed by atoms with van der Waals surface area (Å²) in [5.41, 5.74) is 2.30. The van der Waals surface area contributed by atoms with Crippen molar-refractivity contribution in [1.29, 1.82) is 0 Å². The maximum absolute atomic E-state index is 13.1. The fourth-order valence-electron chi connectivity index (χ4n) is 3.23. The third-order valence-electron chi connectivity index (χ3n) is 4.86. The van der Waals surface area contributed by atoms with Crippen molar-refractivity contribution in [3.05, 3.63) is 76.0 Å². The number of nitrogens with one attached hydrogen (secondary N) is 1. The molecule has 0 atom stereocenters. The molecule has 0 saturated carbocycles. The number of carbonyl (C=O) groups is 1. The van der Waals surface area contributed by atoms with E-state index in [0.717, 1.165) is 42.6 Å². The standard InChI is InChI=1S/C21H20ClFN4OS/c22-18-4-2-1-3-15(18)13-24-20(28)19-14-29-21(25-19)27-11-9-26(10-12-27)17-7-5-16(23)6-8-17/h1-8,14H,9-13H2,(H,24,28). The lowest BCUT2D eigenvalue weighted by Gasteiger charge is -2.36. The summed E-state index contributed by atoms with van der Waals surface area (Å²) in [5.74, 6) is -0.437. The molecule has 0 spiro atoms. The van der Waals surface area contributed by atoms with Crippen molar-refractivity contribution in [3.63, 3.8) is 0 Å². The van der Waals surface area contributed by atoms with Crippen LogP contribution >= 0.6 is 22.9 Å². The van der Waals surface area contributed by atoms with Gasteiger partial charge in [0.05, 0.1) is 0 Å². The summed E-state index contributed by atoms with van der Waals surface area (Å²) in [6.07, 6.45) is 0. The smallest absolute Gasteiger partial charge is 0.271 e. The van der Waals surface area contributed by atoms with Gasteiger partial charge in [0.15, 0.2) is 5.13 Å². The molecule has 8 heteroatoms. The third kappa shape index (κ3) is 4.68. The number of aromatic nitrogens is 1. The van der Waals surface area contributed by atoms with E-state index in [1.807, 2.05) is 18.2 Å². The lowest BCUT2D eigenvalue weighted by molar-refractivity contribution is 0.0946. The Morgan fingerprint density at radius 3 is 2.48 bits per heavy atom. The lowest BCUT2D eigenvalue weighted by atomic mass is 10.2. The Kier molecular flexibility index (Phi) is 5.97. The molecule has 3 aromatic rings. The van der Waals surface area contributed by atoms with Gasteiger partial charge in [-0.3, -0.25) is 4.79 Å². The second-order valence-corrected chi connectivity index (χ2v) is 7.98. The van der Waals surface area contributed by atoms with E-state index in [-0.39, 0.29) is 11.7 Å². The molecule has 2 aromatic carbocycles. The summed E-state index contributed by atoms with van der Waals surface area (Å²) < 4.78 is 13.1. The average Bonchev–Trinajstić information content (AvgIpc) is 3.24. The molecule has 2 heterocycles. The first kappa shape index (κ1) is 19.7. The molecule has 1 aliphatic heterocycles. The predicted octanol–water partition coefficient (Wildman–Crippen LogP) is 4.19.